The molecule has 0 aromatic rings. The number of aliphatic imine (C=N–C) groups is 1. The molecule has 0 amide bonds. The molecule has 21 heavy (non-hydrogen) atoms. The van der Waals surface area contributed by atoms with E-state index in [0.29, 0.717) is 12.2 Å². The summed E-state index contributed by atoms with van der Waals surface area (Å²) < 4.78 is 0. The van der Waals surface area contributed by atoms with E-state index in [9.17, 15) is 19.2 Å². The summed E-state index contributed by atoms with van der Waals surface area (Å²) in [6.07, 6.45) is 0.616. The smallest absolute Gasteiger partial charge is 0.370 e. The largest absolute Gasteiger partial charge is 0.379 e. The molecule has 1 rings (SSSR count). The normalized spacial score (nSPS) is 22.2. The average Bonchev–Trinajstić information content (AvgIpc) is 2.43. The molecule has 114 valence electrons. The van der Waals surface area contributed by atoms with Crippen LogP contribution in [0.4, 0.5) is 0 Å². The van der Waals surface area contributed by atoms with Crippen LogP contribution in [0.25, 0.3) is 0 Å². The number of carbonyl (C=O) groups excluding carboxylic acids is 4. The van der Waals surface area contributed by atoms with E-state index < -0.39 is 35.9 Å². The summed E-state index contributed by atoms with van der Waals surface area (Å²) in [7, 11) is 0. The Morgan fingerprint density at radius 2 is 1.57 bits per heavy atom. The number of nitrogens with zero attached hydrogens (tertiary/aromatic N) is 1. The van der Waals surface area contributed by atoms with Crippen molar-refractivity contribution in [2.45, 2.75) is 18.9 Å². The van der Waals surface area contributed by atoms with Crippen molar-refractivity contribution >= 4 is 29.8 Å². The van der Waals surface area contributed by atoms with Crippen LogP contribution in [0.15, 0.2) is 17.1 Å². The van der Waals surface area contributed by atoms with E-state index in [0.717, 1.165) is 0 Å². The molecule has 0 bridgehead atoms. The van der Waals surface area contributed by atoms with Crippen molar-refractivity contribution in [3.8, 4) is 0 Å². The van der Waals surface area contributed by atoms with E-state index in [-0.39, 0.29) is 12.8 Å². The predicted molar refractivity (Wildman–Crippen MR) is 62.3 cm³/mol. The summed E-state index contributed by atoms with van der Waals surface area (Å²) in [4.78, 5) is 64.9. The lowest BCUT2D eigenvalue weighted by atomic mass is 10.2. The molecule has 0 fully saturated rings. The van der Waals surface area contributed by atoms with Gasteiger partial charge in [0.1, 0.15) is 0 Å². The van der Waals surface area contributed by atoms with Gasteiger partial charge in [0.2, 0.25) is 0 Å². The molecular weight excluding hydrogens is 290 g/mol. The lowest BCUT2D eigenvalue weighted by Gasteiger charge is -2.09. The Hall–Kier alpha value is -3.11. The minimum atomic E-state index is -1.30. The third-order valence-corrected chi connectivity index (χ3v) is 1.98. The molecule has 0 saturated carbocycles. The third kappa shape index (κ3) is 6.04. The van der Waals surface area contributed by atoms with Gasteiger partial charge in [-0.15, -0.1) is 0 Å². The fraction of sp³-hybridized carbons (Fsp3) is 0.300. The van der Waals surface area contributed by atoms with Gasteiger partial charge in [0.25, 0.3) is 0 Å². The van der Waals surface area contributed by atoms with Crippen molar-refractivity contribution in [2.75, 3.05) is 0 Å². The van der Waals surface area contributed by atoms with E-state index in [1.54, 1.807) is 0 Å². The first-order valence-electron chi connectivity index (χ1n) is 5.49. The monoisotopic (exact) mass is 301 g/mol. The van der Waals surface area contributed by atoms with E-state index in [2.05, 4.69) is 24.5 Å². The zero-order valence-corrected chi connectivity index (χ0v) is 10.5. The van der Waals surface area contributed by atoms with E-state index in [1.807, 2.05) is 0 Å². The van der Waals surface area contributed by atoms with Crippen LogP contribution in [0.1, 0.15) is 12.8 Å². The van der Waals surface area contributed by atoms with Crippen LogP contribution in [0.3, 0.4) is 0 Å². The van der Waals surface area contributed by atoms with Gasteiger partial charge < -0.3 is 11.5 Å². The molecule has 0 aromatic carbocycles. The maximum Gasteiger partial charge on any atom is 0.379 e. The minimum absolute atomic E-state index is 0.224. The Bertz CT molecular complexity index is 508. The van der Waals surface area contributed by atoms with Gasteiger partial charge in [0, 0.05) is 12.2 Å². The summed E-state index contributed by atoms with van der Waals surface area (Å²) in [6, 6.07) is -1.30. The van der Waals surface area contributed by atoms with Crippen molar-refractivity contribution < 1.29 is 38.7 Å². The second-order valence-electron chi connectivity index (χ2n) is 3.60. The summed E-state index contributed by atoms with van der Waals surface area (Å²) >= 11 is 0. The second kappa shape index (κ2) is 7.47. The Kier molecular flexibility index (Phi) is 5.67. The lowest BCUT2D eigenvalue weighted by Crippen LogP contribution is -2.31. The summed E-state index contributed by atoms with van der Waals surface area (Å²) in [5.74, 6) is -4.80. The molecule has 1 heterocycles. The van der Waals surface area contributed by atoms with Crippen LogP contribution in [-0.2, 0) is 38.7 Å². The molecule has 1 aliphatic heterocycles. The number of carbonyl (C=O) groups is 4. The molecule has 1 atom stereocenters. The van der Waals surface area contributed by atoms with E-state index in [4.69, 9.17) is 11.5 Å². The molecule has 0 radical (unpaired) electrons. The molecule has 11 heteroatoms. The first kappa shape index (κ1) is 15.9. The third-order valence-electron chi connectivity index (χ3n) is 1.98. The molecule has 11 nitrogen and oxygen atoms in total. The first-order valence-corrected chi connectivity index (χ1v) is 5.49. The van der Waals surface area contributed by atoms with Crippen molar-refractivity contribution in [3.63, 3.8) is 0 Å². The molecular formula is C10H11N3O8. The zero-order chi connectivity index (χ0) is 15.8. The molecule has 1 aliphatic rings. The topological polar surface area (TPSA) is 170 Å². The summed E-state index contributed by atoms with van der Waals surface area (Å²) in [5.41, 5.74) is 10.2. The van der Waals surface area contributed by atoms with E-state index in [1.165, 1.54) is 0 Å². The quantitative estimate of drug-likeness (QED) is 0.313. The molecule has 0 saturated heterocycles. The second-order valence-corrected chi connectivity index (χ2v) is 3.60. The van der Waals surface area contributed by atoms with Crippen LogP contribution in [0, 0.1) is 0 Å². The lowest BCUT2D eigenvalue weighted by molar-refractivity contribution is -0.256. The van der Waals surface area contributed by atoms with Crippen LogP contribution in [-0.4, -0.2) is 35.9 Å². The molecule has 0 spiro atoms. The fourth-order valence-corrected chi connectivity index (χ4v) is 1.13. The summed E-state index contributed by atoms with van der Waals surface area (Å²) in [6.45, 7) is 0. The molecule has 0 unspecified atom stereocenters. The Labute approximate surface area is 117 Å². The van der Waals surface area contributed by atoms with Crippen molar-refractivity contribution in [1.29, 1.82) is 0 Å². The van der Waals surface area contributed by atoms with Gasteiger partial charge in [-0.3, -0.25) is 0 Å². The van der Waals surface area contributed by atoms with Gasteiger partial charge in [-0.25, -0.2) is 43.7 Å². The highest BCUT2D eigenvalue weighted by molar-refractivity contribution is 5.92. The maximum absolute atomic E-state index is 11.6. The van der Waals surface area contributed by atoms with E-state index >= 15 is 0 Å². The standard InChI is InChI=1S/C10H11N3O8/c11-10(12)13-5-1-2-6(14)18-19-7(15)3-4-8(16)20-21-9(5)17/h3-5H,1-2H2,(H4,11,12,13)/b4-3+/t5-/m0/s1. The number of nitrogens with two attached hydrogens (primary N) is 2. The highest BCUT2D eigenvalue weighted by atomic mass is 17.2. The average molecular weight is 301 g/mol. The van der Waals surface area contributed by atoms with Crippen molar-refractivity contribution in [1.82, 2.24) is 0 Å². The Balaban J connectivity index is 2.85. The van der Waals surface area contributed by atoms with Gasteiger partial charge in [-0.2, -0.15) is 0 Å². The van der Waals surface area contributed by atoms with Gasteiger partial charge >= 0.3 is 23.9 Å². The SMILES string of the molecule is NC(N)=N[C@H]1CCC(=O)OOC(=O)/C=C/C(=O)OOC1=O. The van der Waals surface area contributed by atoms with Gasteiger partial charge in [0.15, 0.2) is 12.0 Å². The number of hydrogen-bond donors (Lipinski definition) is 2. The van der Waals surface area contributed by atoms with Crippen molar-refractivity contribution in [2.24, 2.45) is 16.5 Å². The number of rotatable bonds is 1. The van der Waals surface area contributed by atoms with Crippen LogP contribution < -0.4 is 11.5 Å². The Morgan fingerprint density at radius 3 is 2.14 bits per heavy atom. The first-order chi connectivity index (χ1) is 9.88. The minimum Gasteiger partial charge on any atom is -0.370 e. The fourth-order valence-electron chi connectivity index (χ4n) is 1.13. The number of guanidine groups is 1. The van der Waals surface area contributed by atoms with Gasteiger partial charge in [-0.05, 0) is 6.42 Å². The highest BCUT2D eigenvalue weighted by Gasteiger charge is 2.24. The zero-order valence-electron chi connectivity index (χ0n) is 10.5. The van der Waals surface area contributed by atoms with Crippen LogP contribution in [0.2, 0.25) is 0 Å². The Morgan fingerprint density at radius 1 is 1.00 bits per heavy atom. The van der Waals surface area contributed by atoms with Crippen LogP contribution >= 0.6 is 0 Å². The van der Waals surface area contributed by atoms with Gasteiger partial charge in [-0.1, -0.05) is 0 Å². The van der Waals surface area contributed by atoms with Crippen molar-refractivity contribution in [3.05, 3.63) is 12.2 Å². The number of hydrogen-bond acceptors (Lipinski definition) is 9. The maximum atomic E-state index is 11.6. The molecule has 4 N–H and O–H groups in total. The molecule has 0 aliphatic carbocycles. The van der Waals surface area contributed by atoms with Gasteiger partial charge in [0.05, 0.1) is 6.42 Å². The predicted octanol–water partition coefficient (Wildman–Crippen LogP) is -2.02. The highest BCUT2D eigenvalue weighted by Crippen LogP contribution is 2.07. The van der Waals surface area contributed by atoms with Crippen LogP contribution in [0.5, 0.6) is 0 Å². The molecule has 0 aromatic heterocycles. The summed E-state index contributed by atoms with van der Waals surface area (Å²) in [5, 5.41) is 0.